The second kappa shape index (κ2) is 8.11. The van der Waals surface area contributed by atoms with Crippen molar-refractivity contribution < 1.29 is 23.9 Å². The maximum absolute atomic E-state index is 14.0. The molecule has 0 bridgehead atoms. The van der Waals surface area contributed by atoms with Crippen LogP contribution in [0.4, 0.5) is 11.4 Å². The summed E-state index contributed by atoms with van der Waals surface area (Å²) in [5.41, 5.74) is 2.83. The van der Waals surface area contributed by atoms with Crippen LogP contribution in [-0.4, -0.2) is 35.5 Å². The Labute approximate surface area is 217 Å². The predicted octanol–water partition coefficient (Wildman–Crippen LogP) is 4.22. The Kier molecular flexibility index (Phi) is 4.81. The first-order valence-corrected chi connectivity index (χ1v) is 12.3. The van der Waals surface area contributed by atoms with Crippen LogP contribution in [0.2, 0.25) is 5.02 Å². The molecule has 3 amide bonds. The quantitative estimate of drug-likeness (QED) is 0.528. The number of nitrogens with one attached hydrogen (secondary N) is 1. The minimum absolute atomic E-state index is 0.0824. The lowest BCUT2D eigenvalue weighted by atomic mass is 9.84. The Balaban J connectivity index is 1.31. The van der Waals surface area contributed by atoms with Gasteiger partial charge in [-0.3, -0.25) is 14.4 Å². The number of imide groups is 1. The van der Waals surface area contributed by atoms with E-state index in [-0.39, 0.29) is 18.6 Å². The third kappa shape index (κ3) is 3.25. The van der Waals surface area contributed by atoms with Crippen LogP contribution in [0.5, 0.6) is 11.5 Å². The zero-order valence-electron chi connectivity index (χ0n) is 19.3. The zero-order valence-corrected chi connectivity index (χ0v) is 20.1. The molecule has 184 valence electrons. The van der Waals surface area contributed by atoms with Gasteiger partial charge in [-0.25, -0.2) is 4.90 Å². The topological polar surface area (TPSA) is 88.2 Å². The van der Waals surface area contributed by atoms with Gasteiger partial charge in [-0.05, 0) is 53.6 Å². The summed E-state index contributed by atoms with van der Waals surface area (Å²) in [6.45, 7) is 0.0824. The van der Waals surface area contributed by atoms with Gasteiger partial charge in [0.05, 0.1) is 23.6 Å². The first-order valence-electron chi connectivity index (χ1n) is 11.9. The molecule has 0 aromatic heterocycles. The van der Waals surface area contributed by atoms with Gasteiger partial charge in [0.25, 0.3) is 0 Å². The van der Waals surface area contributed by atoms with Crippen LogP contribution in [0, 0.1) is 11.8 Å². The van der Waals surface area contributed by atoms with Crippen molar-refractivity contribution in [3.8, 4) is 11.5 Å². The molecule has 3 aromatic rings. The van der Waals surface area contributed by atoms with Crippen molar-refractivity contribution in [2.45, 2.75) is 12.1 Å². The summed E-state index contributed by atoms with van der Waals surface area (Å²) < 4.78 is 10.8. The number of carbonyl (C=O) groups is 3. The summed E-state index contributed by atoms with van der Waals surface area (Å²) in [5.74, 6) is -1.68. The molecule has 4 heterocycles. The second-order valence-corrected chi connectivity index (χ2v) is 9.82. The van der Waals surface area contributed by atoms with Crippen molar-refractivity contribution >= 4 is 46.8 Å². The van der Waals surface area contributed by atoms with Gasteiger partial charge in [0.15, 0.2) is 11.5 Å². The van der Waals surface area contributed by atoms with E-state index >= 15 is 0 Å². The van der Waals surface area contributed by atoms with Gasteiger partial charge in [0, 0.05) is 23.0 Å². The van der Waals surface area contributed by atoms with Crippen molar-refractivity contribution in [3.63, 3.8) is 0 Å². The number of halogens is 1. The number of amides is 3. The number of benzene rings is 3. The maximum atomic E-state index is 14.0. The summed E-state index contributed by atoms with van der Waals surface area (Å²) in [5, 5.41) is 3.46. The van der Waals surface area contributed by atoms with Crippen molar-refractivity contribution in [3.05, 3.63) is 89.1 Å². The number of rotatable bonds is 3. The van der Waals surface area contributed by atoms with Crippen LogP contribution in [0.15, 0.2) is 72.9 Å². The maximum Gasteiger partial charge on any atom is 0.247 e. The van der Waals surface area contributed by atoms with Gasteiger partial charge in [-0.1, -0.05) is 35.9 Å². The number of anilines is 2. The smallest absolute Gasteiger partial charge is 0.247 e. The second-order valence-electron chi connectivity index (χ2n) is 9.38. The summed E-state index contributed by atoms with van der Waals surface area (Å²) in [4.78, 5) is 44.7. The Hall–Kier alpha value is -4.30. The van der Waals surface area contributed by atoms with Crippen LogP contribution >= 0.6 is 11.6 Å². The van der Waals surface area contributed by atoms with Gasteiger partial charge in [-0.15, -0.1) is 0 Å². The van der Waals surface area contributed by atoms with E-state index in [2.05, 4.69) is 5.32 Å². The molecule has 0 unspecified atom stereocenters. The lowest BCUT2D eigenvalue weighted by Gasteiger charge is -2.35. The van der Waals surface area contributed by atoms with Gasteiger partial charge in [0.1, 0.15) is 6.04 Å². The molecule has 3 aromatic carbocycles. The lowest BCUT2D eigenvalue weighted by Crippen LogP contribution is -2.46. The number of carbonyl (C=O) groups excluding carboxylic acids is 3. The molecule has 8 nitrogen and oxygen atoms in total. The summed E-state index contributed by atoms with van der Waals surface area (Å²) >= 11 is 6.00. The molecule has 2 saturated heterocycles. The Bertz CT molecular complexity index is 1500. The first kappa shape index (κ1) is 21.9. The van der Waals surface area contributed by atoms with Crippen molar-refractivity contribution in [2.24, 2.45) is 11.8 Å². The van der Waals surface area contributed by atoms with E-state index in [9.17, 15) is 14.4 Å². The minimum Gasteiger partial charge on any atom is -0.454 e. The standard InChI is InChI=1S/C28H20ClN3O5/c29-16-5-7-17(8-6-16)30-26(33)25-23-22(24-19-4-2-1-3-15(19)11-12-31(24)25)27(34)32(28(23)35)18-9-10-20-21(13-18)37-14-36-20/h1-13,22-25H,14H2,(H,30,33)/t22-,23+,24+,25-/m0/s1. The van der Waals surface area contributed by atoms with Gasteiger partial charge in [-0.2, -0.15) is 0 Å². The fourth-order valence-corrected chi connectivity index (χ4v) is 6.01. The van der Waals surface area contributed by atoms with Crippen LogP contribution in [-0.2, 0) is 14.4 Å². The van der Waals surface area contributed by atoms with E-state index in [4.69, 9.17) is 21.1 Å². The average molecular weight is 514 g/mol. The van der Waals surface area contributed by atoms with Gasteiger partial charge in [0.2, 0.25) is 24.5 Å². The van der Waals surface area contributed by atoms with E-state index in [1.54, 1.807) is 42.5 Å². The molecule has 1 N–H and O–H groups in total. The number of hydrogen-bond donors (Lipinski definition) is 1. The molecule has 0 saturated carbocycles. The summed E-state index contributed by atoms with van der Waals surface area (Å²) in [6.07, 6.45) is 3.74. The molecular formula is C28H20ClN3O5. The first-order chi connectivity index (χ1) is 18.0. The highest BCUT2D eigenvalue weighted by atomic mass is 35.5. The number of ether oxygens (including phenoxy) is 2. The molecule has 4 aliphatic rings. The van der Waals surface area contributed by atoms with E-state index in [1.807, 2.05) is 41.4 Å². The third-order valence-electron chi connectivity index (χ3n) is 7.46. The number of fused-ring (bicyclic) bond motifs is 6. The Morgan fingerprint density at radius 3 is 2.51 bits per heavy atom. The lowest BCUT2D eigenvalue weighted by molar-refractivity contribution is -0.128. The van der Waals surface area contributed by atoms with Crippen LogP contribution in [0.3, 0.4) is 0 Å². The predicted molar refractivity (Wildman–Crippen MR) is 136 cm³/mol. The normalized spacial score (nSPS) is 24.7. The number of nitrogens with zero attached hydrogens (tertiary/aromatic N) is 2. The molecule has 4 aliphatic heterocycles. The van der Waals surface area contributed by atoms with Gasteiger partial charge < -0.3 is 19.7 Å². The van der Waals surface area contributed by atoms with Crippen LogP contribution < -0.4 is 19.7 Å². The fraction of sp³-hybridized carbons (Fsp3) is 0.179. The fourth-order valence-electron chi connectivity index (χ4n) is 5.89. The SMILES string of the molecule is O=C(Nc1ccc(Cl)cc1)[C@@H]1[C@@H]2C(=O)N(c3ccc4c(c3)OCO4)C(=O)[C@@H]2[C@H]2c3ccccc3C=CN12. The zero-order chi connectivity index (χ0) is 25.3. The minimum atomic E-state index is -0.884. The molecule has 2 fully saturated rings. The summed E-state index contributed by atoms with van der Waals surface area (Å²) in [7, 11) is 0. The molecule has 4 atom stereocenters. The van der Waals surface area contributed by atoms with Crippen molar-refractivity contribution in [2.75, 3.05) is 17.0 Å². The average Bonchev–Trinajstić information content (AvgIpc) is 3.58. The Morgan fingerprint density at radius 2 is 1.68 bits per heavy atom. The molecule has 7 rings (SSSR count). The van der Waals surface area contributed by atoms with E-state index < -0.39 is 29.8 Å². The van der Waals surface area contributed by atoms with Crippen LogP contribution in [0.25, 0.3) is 6.08 Å². The molecule has 9 heteroatoms. The summed E-state index contributed by atoms with van der Waals surface area (Å²) in [6, 6.07) is 18.2. The largest absolute Gasteiger partial charge is 0.454 e. The highest BCUT2D eigenvalue weighted by molar-refractivity contribution is 6.30. The highest BCUT2D eigenvalue weighted by Crippen LogP contribution is 2.53. The Morgan fingerprint density at radius 1 is 0.919 bits per heavy atom. The molecular weight excluding hydrogens is 494 g/mol. The molecule has 0 aliphatic carbocycles. The van der Waals surface area contributed by atoms with E-state index in [0.29, 0.717) is 27.9 Å². The third-order valence-corrected chi connectivity index (χ3v) is 7.71. The van der Waals surface area contributed by atoms with E-state index in [1.165, 1.54) is 4.90 Å². The highest BCUT2D eigenvalue weighted by Gasteiger charge is 2.64. The molecule has 37 heavy (non-hydrogen) atoms. The van der Waals surface area contributed by atoms with E-state index in [0.717, 1.165) is 11.1 Å². The monoisotopic (exact) mass is 513 g/mol. The molecule has 0 spiro atoms. The van der Waals surface area contributed by atoms with Crippen LogP contribution in [0.1, 0.15) is 17.2 Å². The van der Waals surface area contributed by atoms with Gasteiger partial charge >= 0.3 is 0 Å². The molecule has 0 radical (unpaired) electrons. The van der Waals surface area contributed by atoms with Crippen molar-refractivity contribution in [1.82, 2.24) is 4.90 Å². The number of hydrogen-bond acceptors (Lipinski definition) is 6. The van der Waals surface area contributed by atoms with Crippen molar-refractivity contribution in [1.29, 1.82) is 0 Å².